The Labute approximate surface area is 188 Å². The van der Waals surface area contributed by atoms with Gasteiger partial charge < -0.3 is 5.32 Å². The van der Waals surface area contributed by atoms with Crippen LogP contribution < -0.4 is 9.62 Å². The Balaban J connectivity index is 1.90. The topological polar surface area (TPSA) is 66.5 Å². The number of carbonyl (C=O) groups excluding carboxylic acids is 1. The number of anilines is 1. The standard InChI is InChI=1S/C25H27FN2O3S/c1-19(2)17-24(20-9-5-3-6-10-20)27-25(29)18-28(22-15-13-21(26)14-16-22)32(30,31)23-11-7-4-8-12-23/h3-16,19,24H,17-18H2,1-2H3,(H,27,29)/t24-/m0/s1. The number of halogens is 1. The summed E-state index contributed by atoms with van der Waals surface area (Å²) < 4.78 is 41.2. The summed E-state index contributed by atoms with van der Waals surface area (Å²) in [4.78, 5) is 13.1. The van der Waals surface area contributed by atoms with Crippen molar-refractivity contribution in [3.8, 4) is 0 Å². The second-order valence-corrected chi connectivity index (χ2v) is 9.82. The summed E-state index contributed by atoms with van der Waals surface area (Å²) in [6.45, 7) is 3.70. The number of rotatable bonds is 9. The average Bonchev–Trinajstić information content (AvgIpc) is 2.78. The molecule has 0 aromatic heterocycles. The molecule has 0 spiro atoms. The van der Waals surface area contributed by atoms with Crippen molar-refractivity contribution in [2.75, 3.05) is 10.8 Å². The van der Waals surface area contributed by atoms with Gasteiger partial charge in [-0.3, -0.25) is 9.10 Å². The summed E-state index contributed by atoms with van der Waals surface area (Å²) in [7, 11) is -4.04. The van der Waals surface area contributed by atoms with Crippen LogP contribution in [0.3, 0.4) is 0 Å². The minimum Gasteiger partial charge on any atom is -0.348 e. The maximum absolute atomic E-state index is 13.5. The molecule has 0 radical (unpaired) electrons. The van der Waals surface area contributed by atoms with Crippen molar-refractivity contribution in [1.29, 1.82) is 0 Å². The number of benzene rings is 3. The summed E-state index contributed by atoms with van der Waals surface area (Å²) in [6.07, 6.45) is 0.706. The minimum absolute atomic E-state index is 0.0546. The highest BCUT2D eigenvalue weighted by Gasteiger charge is 2.28. The number of amides is 1. The maximum atomic E-state index is 13.5. The first-order valence-electron chi connectivity index (χ1n) is 10.4. The summed E-state index contributed by atoms with van der Waals surface area (Å²) in [6, 6.07) is 22.3. The first kappa shape index (κ1) is 23.5. The summed E-state index contributed by atoms with van der Waals surface area (Å²) in [5, 5.41) is 2.98. The lowest BCUT2D eigenvalue weighted by molar-refractivity contribution is -0.120. The van der Waals surface area contributed by atoms with Crippen LogP contribution in [0.15, 0.2) is 89.8 Å². The first-order valence-corrected chi connectivity index (χ1v) is 11.9. The van der Waals surface area contributed by atoms with Crippen LogP contribution in [0.25, 0.3) is 0 Å². The Morgan fingerprint density at radius 2 is 1.47 bits per heavy atom. The number of hydrogen-bond acceptors (Lipinski definition) is 3. The normalized spacial score (nSPS) is 12.4. The van der Waals surface area contributed by atoms with Gasteiger partial charge in [0, 0.05) is 0 Å². The second-order valence-electron chi connectivity index (χ2n) is 7.96. The van der Waals surface area contributed by atoms with Gasteiger partial charge in [0.25, 0.3) is 10.0 Å². The van der Waals surface area contributed by atoms with Crippen molar-refractivity contribution in [1.82, 2.24) is 5.32 Å². The van der Waals surface area contributed by atoms with Gasteiger partial charge in [0.15, 0.2) is 0 Å². The monoisotopic (exact) mass is 454 g/mol. The molecule has 0 bridgehead atoms. The lowest BCUT2D eigenvalue weighted by Gasteiger charge is -2.26. The predicted molar refractivity (Wildman–Crippen MR) is 124 cm³/mol. The highest BCUT2D eigenvalue weighted by Crippen LogP contribution is 2.25. The Hall–Kier alpha value is -3.19. The van der Waals surface area contributed by atoms with E-state index in [-0.39, 0.29) is 16.6 Å². The van der Waals surface area contributed by atoms with Gasteiger partial charge in [-0.05, 0) is 54.3 Å². The lowest BCUT2D eigenvalue weighted by Crippen LogP contribution is -2.42. The van der Waals surface area contributed by atoms with Crippen LogP contribution >= 0.6 is 0 Å². The van der Waals surface area contributed by atoms with Gasteiger partial charge in [0.1, 0.15) is 12.4 Å². The molecule has 168 valence electrons. The summed E-state index contributed by atoms with van der Waals surface area (Å²) in [5.74, 6) is -0.610. The van der Waals surface area contributed by atoms with Gasteiger partial charge in [-0.25, -0.2) is 12.8 Å². The Kier molecular flexibility index (Phi) is 7.64. The molecular weight excluding hydrogens is 427 g/mol. The molecule has 0 aliphatic rings. The number of nitrogens with zero attached hydrogens (tertiary/aromatic N) is 1. The van der Waals surface area contributed by atoms with E-state index in [1.807, 2.05) is 30.3 Å². The fraction of sp³-hybridized carbons (Fsp3) is 0.240. The molecule has 0 saturated heterocycles. The molecule has 0 saturated carbocycles. The third kappa shape index (κ3) is 5.95. The average molecular weight is 455 g/mol. The lowest BCUT2D eigenvalue weighted by atomic mass is 9.97. The molecule has 3 rings (SSSR count). The number of hydrogen-bond donors (Lipinski definition) is 1. The van der Waals surface area contributed by atoms with Crippen molar-refractivity contribution in [2.45, 2.75) is 31.2 Å². The van der Waals surface area contributed by atoms with E-state index in [9.17, 15) is 17.6 Å². The van der Waals surface area contributed by atoms with Crippen LogP contribution in [-0.4, -0.2) is 20.9 Å². The quantitative estimate of drug-likeness (QED) is 0.499. The van der Waals surface area contributed by atoms with Crippen LogP contribution in [-0.2, 0) is 14.8 Å². The Morgan fingerprint density at radius 3 is 2.03 bits per heavy atom. The van der Waals surface area contributed by atoms with Crippen molar-refractivity contribution in [3.63, 3.8) is 0 Å². The molecule has 5 nitrogen and oxygen atoms in total. The summed E-state index contributed by atoms with van der Waals surface area (Å²) >= 11 is 0. The zero-order valence-electron chi connectivity index (χ0n) is 18.1. The second kappa shape index (κ2) is 10.4. The molecule has 1 N–H and O–H groups in total. The molecule has 3 aromatic carbocycles. The highest BCUT2D eigenvalue weighted by atomic mass is 32.2. The van der Waals surface area contributed by atoms with Crippen molar-refractivity contribution in [3.05, 3.63) is 96.3 Å². The third-order valence-electron chi connectivity index (χ3n) is 4.98. The Morgan fingerprint density at radius 1 is 0.906 bits per heavy atom. The predicted octanol–water partition coefficient (Wildman–Crippen LogP) is 4.92. The number of carbonyl (C=O) groups is 1. The fourth-order valence-electron chi connectivity index (χ4n) is 3.45. The van der Waals surface area contributed by atoms with E-state index in [2.05, 4.69) is 19.2 Å². The van der Waals surface area contributed by atoms with E-state index in [0.29, 0.717) is 12.3 Å². The van der Waals surface area contributed by atoms with Crippen molar-refractivity contribution < 1.29 is 17.6 Å². The molecule has 7 heteroatoms. The van der Waals surface area contributed by atoms with Crippen molar-refractivity contribution >= 4 is 21.6 Å². The van der Waals surface area contributed by atoms with E-state index >= 15 is 0 Å². The maximum Gasteiger partial charge on any atom is 0.264 e. The van der Waals surface area contributed by atoms with Gasteiger partial charge in [0.05, 0.1) is 16.6 Å². The van der Waals surface area contributed by atoms with Gasteiger partial charge in [0.2, 0.25) is 5.91 Å². The van der Waals surface area contributed by atoms with E-state index in [1.54, 1.807) is 18.2 Å². The largest absolute Gasteiger partial charge is 0.348 e. The zero-order valence-corrected chi connectivity index (χ0v) is 18.9. The van der Waals surface area contributed by atoms with E-state index < -0.39 is 28.3 Å². The van der Waals surface area contributed by atoms with Crippen LogP contribution in [0.4, 0.5) is 10.1 Å². The van der Waals surface area contributed by atoms with Gasteiger partial charge in [-0.15, -0.1) is 0 Å². The van der Waals surface area contributed by atoms with E-state index in [4.69, 9.17) is 0 Å². The molecule has 0 heterocycles. The van der Waals surface area contributed by atoms with Crippen molar-refractivity contribution in [2.24, 2.45) is 5.92 Å². The molecule has 0 unspecified atom stereocenters. The van der Waals surface area contributed by atoms with E-state index in [1.165, 1.54) is 36.4 Å². The molecule has 0 aliphatic carbocycles. The zero-order chi connectivity index (χ0) is 23.1. The van der Waals surface area contributed by atoms with Crippen LogP contribution in [0.5, 0.6) is 0 Å². The minimum atomic E-state index is -4.04. The van der Waals surface area contributed by atoms with Gasteiger partial charge in [-0.2, -0.15) is 0 Å². The Bertz CT molecular complexity index is 1120. The first-order chi connectivity index (χ1) is 15.3. The van der Waals surface area contributed by atoms with Gasteiger partial charge >= 0.3 is 0 Å². The van der Waals surface area contributed by atoms with Crippen LogP contribution in [0, 0.1) is 11.7 Å². The van der Waals surface area contributed by atoms with Crippen LogP contribution in [0.2, 0.25) is 0 Å². The fourth-order valence-corrected chi connectivity index (χ4v) is 4.89. The molecular formula is C25H27FN2O3S. The molecule has 32 heavy (non-hydrogen) atoms. The number of sulfonamides is 1. The molecule has 0 aliphatic heterocycles. The van der Waals surface area contributed by atoms with Crippen LogP contribution in [0.1, 0.15) is 31.9 Å². The SMILES string of the molecule is CC(C)C[C@H](NC(=O)CN(c1ccc(F)cc1)S(=O)(=O)c1ccccc1)c1ccccc1. The molecule has 3 aromatic rings. The van der Waals surface area contributed by atoms with Gasteiger partial charge in [-0.1, -0.05) is 62.4 Å². The smallest absolute Gasteiger partial charge is 0.264 e. The van der Waals surface area contributed by atoms with E-state index in [0.717, 1.165) is 9.87 Å². The summed E-state index contributed by atoms with van der Waals surface area (Å²) in [5.41, 5.74) is 1.17. The highest BCUT2D eigenvalue weighted by molar-refractivity contribution is 7.92. The molecule has 1 atom stereocenters. The molecule has 1 amide bonds. The third-order valence-corrected chi connectivity index (χ3v) is 6.77. The number of nitrogens with one attached hydrogen (secondary N) is 1. The molecule has 0 fully saturated rings.